The van der Waals surface area contributed by atoms with Gasteiger partial charge < -0.3 is 9.64 Å². The van der Waals surface area contributed by atoms with Gasteiger partial charge in [-0.3, -0.25) is 30.0 Å². The van der Waals surface area contributed by atoms with Gasteiger partial charge in [0.15, 0.2) is 0 Å². The van der Waals surface area contributed by atoms with Crippen molar-refractivity contribution >= 4 is 51.2 Å². The van der Waals surface area contributed by atoms with Crippen LogP contribution in [0.1, 0.15) is 32.6 Å². The lowest BCUT2D eigenvalue weighted by molar-refractivity contribution is -0.131. The quantitative estimate of drug-likeness (QED) is 0.152. The van der Waals surface area contributed by atoms with Crippen molar-refractivity contribution < 1.29 is 28.4 Å². The van der Waals surface area contributed by atoms with Gasteiger partial charge in [-0.25, -0.2) is 9.26 Å². The van der Waals surface area contributed by atoms with Gasteiger partial charge in [0.2, 0.25) is 6.41 Å². The van der Waals surface area contributed by atoms with Crippen molar-refractivity contribution in [3.05, 3.63) is 143 Å². The summed E-state index contributed by atoms with van der Waals surface area (Å²) in [6.45, 7) is 0.538. The Balaban J connectivity index is 1.04. The molecule has 55 heavy (non-hydrogen) atoms. The zero-order chi connectivity index (χ0) is 37.4. The normalized spacial score (nSPS) is 13.6. The highest BCUT2D eigenvalue weighted by Crippen LogP contribution is 2.34. The molecule has 0 fully saturated rings. The van der Waals surface area contributed by atoms with Crippen LogP contribution in [-0.4, -0.2) is 55.3 Å². The van der Waals surface area contributed by atoms with Crippen molar-refractivity contribution in [3.63, 3.8) is 0 Å². The van der Waals surface area contributed by atoms with E-state index < -0.39 is 11.4 Å². The monoisotopic (exact) mass is 730 g/mol. The Labute approximate surface area is 312 Å². The maximum atomic E-state index is 14.3. The number of carbonyl (C=O) groups is 3. The van der Waals surface area contributed by atoms with Crippen molar-refractivity contribution in [3.8, 4) is 16.9 Å². The zero-order valence-corrected chi connectivity index (χ0v) is 29.0. The van der Waals surface area contributed by atoms with Crippen LogP contribution in [0.3, 0.4) is 0 Å². The van der Waals surface area contributed by atoms with Gasteiger partial charge in [0.05, 0.1) is 12.1 Å². The van der Waals surface area contributed by atoms with Gasteiger partial charge in [0, 0.05) is 35.8 Å². The Bertz CT molecular complexity index is 2740. The molecule has 1 aliphatic heterocycles. The number of hydrogen-bond donors (Lipinski definition) is 2. The molecule has 2 N–H and O–H groups in total. The predicted molar refractivity (Wildman–Crippen MR) is 199 cm³/mol. The molecule has 8 aromatic rings. The average Bonchev–Trinajstić information content (AvgIpc) is 3.97. The molecule has 270 valence electrons. The molecule has 9 rings (SSSR count). The summed E-state index contributed by atoms with van der Waals surface area (Å²) in [5, 5.41) is 22.4. The number of aromatic nitrogens is 5. The maximum absolute atomic E-state index is 14.3. The number of fused-ring (bicyclic) bond motifs is 4. The van der Waals surface area contributed by atoms with E-state index >= 15 is 0 Å². The van der Waals surface area contributed by atoms with E-state index in [9.17, 15) is 14.4 Å². The molecule has 3 aromatic heterocycles. The largest absolute Gasteiger partial charge is 0.489 e. The molecule has 5 aromatic carbocycles. The number of ether oxygens (including phenoxy) is 1. The Kier molecular flexibility index (Phi) is 8.48. The van der Waals surface area contributed by atoms with Gasteiger partial charge in [0.25, 0.3) is 11.8 Å². The lowest BCUT2D eigenvalue weighted by Gasteiger charge is -2.37. The molecule has 1 aliphatic rings. The van der Waals surface area contributed by atoms with E-state index in [1.54, 1.807) is 35.4 Å². The predicted octanol–water partition coefficient (Wildman–Crippen LogP) is 5.47. The number of imide groups is 1. The minimum absolute atomic E-state index is 0.106. The molecule has 3 amide bonds. The topological polar surface area (TPSA) is 178 Å². The minimum Gasteiger partial charge on any atom is -0.489 e. The molecule has 0 aliphatic carbocycles. The van der Waals surface area contributed by atoms with Gasteiger partial charge in [0.1, 0.15) is 40.0 Å². The second kappa shape index (κ2) is 13.9. The number of rotatable bonds is 12. The molecule has 0 saturated carbocycles. The van der Waals surface area contributed by atoms with Crippen molar-refractivity contribution in [1.82, 2.24) is 41.1 Å². The van der Waals surface area contributed by atoms with E-state index in [0.717, 1.165) is 38.7 Å². The summed E-state index contributed by atoms with van der Waals surface area (Å²) in [5.41, 5.74) is 6.88. The number of hydrogen-bond acceptors (Lipinski definition) is 12. The van der Waals surface area contributed by atoms with Gasteiger partial charge in [-0.1, -0.05) is 66.7 Å². The lowest BCUT2D eigenvalue weighted by Crippen LogP contribution is -2.59. The first kappa shape index (κ1) is 33.5. The van der Waals surface area contributed by atoms with Crippen LogP contribution in [0, 0.1) is 0 Å². The van der Waals surface area contributed by atoms with Gasteiger partial charge in [-0.2, -0.15) is 0 Å². The first-order chi connectivity index (χ1) is 27.0. The van der Waals surface area contributed by atoms with Gasteiger partial charge in [-0.05, 0) is 90.9 Å². The second-order valence-corrected chi connectivity index (χ2v) is 13.3. The second-order valence-electron chi connectivity index (χ2n) is 13.3. The van der Waals surface area contributed by atoms with Crippen molar-refractivity contribution in [2.24, 2.45) is 0 Å². The summed E-state index contributed by atoms with van der Waals surface area (Å²) in [5.74, 6) is -0.404. The summed E-state index contributed by atoms with van der Waals surface area (Å²) in [7, 11) is 0. The molecular formula is C41H30N8O6. The number of carbonyl (C=O) groups excluding carboxylic acids is 3. The fourth-order valence-corrected chi connectivity index (χ4v) is 7.10. The van der Waals surface area contributed by atoms with E-state index in [1.807, 2.05) is 84.9 Å². The van der Waals surface area contributed by atoms with E-state index in [-0.39, 0.29) is 32.1 Å². The van der Waals surface area contributed by atoms with Crippen LogP contribution in [0.15, 0.2) is 125 Å². The first-order valence-corrected chi connectivity index (χ1v) is 17.4. The average molecular weight is 731 g/mol. The number of pyridine rings is 1. The number of nitrogens with one attached hydrogen (secondary N) is 2. The van der Waals surface area contributed by atoms with Crippen LogP contribution in [0.2, 0.25) is 0 Å². The van der Waals surface area contributed by atoms with E-state index in [4.69, 9.17) is 14.0 Å². The number of benzene rings is 5. The summed E-state index contributed by atoms with van der Waals surface area (Å²) in [6, 6.07) is 33.7. The highest BCUT2D eigenvalue weighted by Gasteiger charge is 2.44. The van der Waals surface area contributed by atoms with Crippen LogP contribution in [-0.2, 0) is 34.8 Å². The molecule has 0 spiro atoms. The highest BCUT2D eigenvalue weighted by molar-refractivity contribution is 6.00. The number of amides is 3. The fraction of sp³-hybridized carbons (Fsp3) is 0.122. The summed E-state index contributed by atoms with van der Waals surface area (Å²) in [6.07, 6.45) is 2.10. The SMILES string of the molecule is O=CNC(=O)[C@@](CN1Cc2ccc(OCc3ccc4nonc4c3)cc2C1=O)(NCc1ccc2nonc2c1)c1ccc(-c2cccc3cccnc23)cc1. The third kappa shape index (κ3) is 6.29. The molecule has 1 atom stereocenters. The van der Waals surface area contributed by atoms with Crippen LogP contribution < -0.4 is 15.4 Å². The smallest absolute Gasteiger partial charge is 0.254 e. The molecule has 0 saturated heterocycles. The Morgan fingerprint density at radius 1 is 0.800 bits per heavy atom. The molecule has 14 nitrogen and oxygen atoms in total. The molecule has 14 heteroatoms. The van der Waals surface area contributed by atoms with Crippen molar-refractivity contribution in [1.29, 1.82) is 0 Å². The van der Waals surface area contributed by atoms with Crippen molar-refractivity contribution in [2.45, 2.75) is 25.2 Å². The fourth-order valence-electron chi connectivity index (χ4n) is 7.10. The Morgan fingerprint density at radius 2 is 1.53 bits per heavy atom. The van der Waals surface area contributed by atoms with Gasteiger partial charge >= 0.3 is 0 Å². The summed E-state index contributed by atoms with van der Waals surface area (Å²) in [4.78, 5) is 46.5. The number of para-hydroxylation sites is 1. The van der Waals surface area contributed by atoms with E-state index in [0.29, 0.717) is 45.4 Å². The van der Waals surface area contributed by atoms with E-state index in [1.165, 1.54) is 0 Å². The van der Waals surface area contributed by atoms with Gasteiger partial charge in [-0.15, -0.1) is 0 Å². The highest BCUT2D eigenvalue weighted by atomic mass is 16.6. The Hall–Kier alpha value is -7.32. The summed E-state index contributed by atoms with van der Waals surface area (Å²) >= 11 is 0. The lowest BCUT2D eigenvalue weighted by atomic mass is 9.86. The number of nitrogens with zero attached hydrogens (tertiary/aromatic N) is 6. The van der Waals surface area contributed by atoms with Crippen LogP contribution in [0.5, 0.6) is 5.75 Å². The zero-order valence-electron chi connectivity index (χ0n) is 29.0. The maximum Gasteiger partial charge on any atom is 0.254 e. The third-order valence-electron chi connectivity index (χ3n) is 9.92. The standard InChI is InChI=1S/C41H30N8O6/c50-24-43-40(52)41(44-20-25-6-14-34-36(17-25)47-54-45-34,30-11-8-27(9-12-30)32-5-1-3-28-4-2-16-42-38(28)32)23-49-21-29-10-13-31(19-33(29)39(49)51)53-22-26-7-15-35-37(18-26)48-55-46-35/h1-19,24,44H,20-23H2,(H,43,50,52)/t41-/m0/s1. The van der Waals surface area contributed by atoms with E-state index in [2.05, 4.69) is 36.2 Å². The minimum atomic E-state index is -1.58. The van der Waals surface area contributed by atoms with Crippen LogP contribution in [0.25, 0.3) is 44.1 Å². The Morgan fingerprint density at radius 3 is 2.31 bits per heavy atom. The molecule has 0 bridgehead atoms. The van der Waals surface area contributed by atoms with Crippen LogP contribution in [0.4, 0.5) is 0 Å². The first-order valence-electron chi connectivity index (χ1n) is 17.4. The summed E-state index contributed by atoms with van der Waals surface area (Å²) < 4.78 is 15.7. The molecule has 0 radical (unpaired) electrons. The molecule has 4 heterocycles. The van der Waals surface area contributed by atoms with Crippen LogP contribution >= 0.6 is 0 Å². The third-order valence-corrected chi connectivity index (χ3v) is 9.92. The van der Waals surface area contributed by atoms with Crippen molar-refractivity contribution in [2.75, 3.05) is 6.54 Å². The molecular weight excluding hydrogens is 701 g/mol. The molecule has 0 unspecified atom stereocenters.